The van der Waals surface area contributed by atoms with E-state index in [1.165, 1.54) is 6.07 Å². The molecule has 0 radical (unpaired) electrons. The lowest BCUT2D eigenvalue weighted by Gasteiger charge is -2.00. The lowest BCUT2D eigenvalue weighted by Crippen LogP contribution is -1.81. The third kappa shape index (κ3) is 5.20. The van der Waals surface area contributed by atoms with Gasteiger partial charge < -0.3 is 0 Å². The highest BCUT2D eigenvalue weighted by Crippen LogP contribution is 2.28. The molecule has 0 aliphatic rings. The molecular weight excluding hydrogens is 526 g/mol. The summed E-state index contributed by atoms with van der Waals surface area (Å²) < 4.78 is 27.8. The highest BCUT2D eigenvalue weighted by atomic mass is 79.9. The van der Waals surface area contributed by atoms with Crippen molar-refractivity contribution in [3.8, 4) is 0 Å². The first-order valence-corrected chi connectivity index (χ1v) is 8.64. The van der Waals surface area contributed by atoms with Crippen molar-refractivity contribution in [1.29, 1.82) is 0 Å². The van der Waals surface area contributed by atoms with E-state index in [2.05, 4.69) is 63.7 Å². The minimum atomic E-state index is -0.431. The summed E-state index contributed by atoms with van der Waals surface area (Å²) in [6.45, 7) is 1.48. The molecule has 2 rings (SSSR count). The fourth-order valence-corrected chi connectivity index (χ4v) is 2.80. The molecule has 0 spiro atoms. The van der Waals surface area contributed by atoms with Crippen LogP contribution in [0.4, 0.5) is 8.78 Å². The highest BCUT2D eigenvalue weighted by molar-refractivity contribution is 9.13. The van der Waals surface area contributed by atoms with Crippen molar-refractivity contribution in [3.05, 3.63) is 65.2 Å². The Bertz CT molecular complexity index is 573. The van der Waals surface area contributed by atoms with Crippen LogP contribution in [0, 0.1) is 12.7 Å². The van der Waals surface area contributed by atoms with Crippen LogP contribution < -0.4 is 0 Å². The largest absolute Gasteiger partial charge is 0.246 e. The topological polar surface area (TPSA) is 0 Å². The number of aryl methyl sites for hydroxylation is 1. The van der Waals surface area contributed by atoms with Crippen molar-refractivity contribution in [1.82, 2.24) is 0 Å². The molecule has 0 nitrogen and oxygen atoms in total. The molecule has 0 aromatic heterocycles. The van der Waals surface area contributed by atoms with E-state index in [4.69, 9.17) is 0 Å². The van der Waals surface area contributed by atoms with Crippen LogP contribution in [0.5, 0.6) is 0 Å². The molecule has 20 heavy (non-hydrogen) atoms. The number of rotatable bonds is 1. The average molecular weight is 536 g/mol. The van der Waals surface area contributed by atoms with Gasteiger partial charge >= 0.3 is 0 Å². The Kier molecular flexibility index (Phi) is 7.87. The van der Waals surface area contributed by atoms with Gasteiger partial charge in [0.05, 0.1) is 4.47 Å². The summed E-state index contributed by atoms with van der Waals surface area (Å²) >= 11 is 12.8. The molecule has 0 bridgehead atoms. The van der Waals surface area contributed by atoms with Crippen LogP contribution in [-0.4, -0.2) is 0 Å². The van der Waals surface area contributed by atoms with E-state index in [1.54, 1.807) is 12.1 Å². The standard InChI is InChI=1S/2C7H5Br2F/c1-4-2-3-5(10)7(9)6(4)8;8-6-1-2-7(9)5(3-6)4-10/h2-3H,1H3;1-3H,4H2. The van der Waals surface area contributed by atoms with E-state index in [0.717, 1.165) is 19.0 Å². The van der Waals surface area contributed by atoms with Gasteiger partial charge in [0.15, 0.2) is 0 Å². The summed E-state index contributed by atoms with van der Waals surface area (Å²) in [5, 5.41) is 0. The zero-order valence-corrected chi connectivity index (χ0v) is 16.7. The van der Waals surface area contributed by atoms with Gasteiger partial charge in [-0.25, -0.2) is 8.78 Å². The Morgan fingerprint density at radius 2 is 1.60 bits per heavy atom. The van der Waals surface area contributed by atoms with E-state index in [9.17, 15) is 8.78 Å². The summed E-state index contributed by atoms with van der Waals surface area (Å²) in [5.41, 5.74) is 1.70. The molecule has 0 saturated heterocycles. The summed E-state index contributed by atoms with van der Waals surface area (Å²) in [6, 6.07) is 8.60. The maximum Gasteiger partial charge on any atom is 0.138 e. The fraction of sp³-hybridized carbons (Fsp3) is 0.143. The molecule has 0 aliphatic heterocycles. The monoisotopic (exact) mass is 532 g/mol. The van der Waals surface area contributed by atoms with Crippen LogP contribution >= 0.6 is 63.7 Å². The fourth-order valence-electron chi connectivity index (χ4n) is 1.27. The smallest absolute Gasteiger partial charge is 0.138 e. The minimum Gasteiger partial charge on any atom is -0.246 e. The van der Waals surface area contributed by atoms with E-state index in [1.807, 2.05) is 19.1 Å². The van der Waals surface area contributed by atoms with Crippen LogP contribution in [0.2, 0.25) is 0 Å². The van der Waals surface area contributed by atoms with Crippen LogP contribution in [0.25, 0.3) is 0 Å². The second kappa shape index (κ2) is 8.61. The van der Waals surface area contributed by atoms with Crippen molar-refractivity contribution < 1.29 is 8.78 Å². The third-order valence-electron chi connectivity index (χ3n) is 2.38. The van der Waals surface area contributed by atoms with Crippen molar-refractivity contribution >= 4 is 63.7 Å². The first kappa shape index (κ1) is 18.3. The van der Waals surface area contributed by atoms with Gasteiger partial charge in [0.1, 0.15) is 12.5 Å². The Labute approximate surface area is 150 Å². The number of hydrogen-bond donors (Lipinski definition) is 0. The normalized spacial score (nSPS) is 9.95. The SMILES string of the molecule is Cc1ccc(F)c(Br)c1Br.FCc1cc(Br)ccc1Br. The van der Waals surface area contributed by atoms with Crippen molar-refractivity contribution in [3.63, 3.8) is 0 Å². The van der Waals surface area contributed by atoms with Gasteiger partial charge in [-0.3, -0.25) is 0 Å². The molecular formula is C14H10Br4F2. The van der Waals surface area contributed by atoms with E-state index in [0.29, 0.717) is 10.0 Å². The number of hydrogen-bond acceptors (Lipinski definition) is 0. The zero-order valence-electron chi connectivity index (χ0n) is 10.4. The van der Waals surface area contributed by atoms with Gasteiger partial charge in [-0.15, -0.1) is 0 Å². The predicted molar refractivity (Wildman–Crippen MR) is 93.2 cm³/mol. The van der Waals surface area contributed by atoms with Crippen molar-refractivity contribution in [2.24, 2.45) is 0 Å². The molecule has 2 aromatic carbocycles. The molecule has 0 saturated carbocycles. The molecule has 0 amide bonds. The summed E-state index contributed by atoms with van der Waals surface area (Å²) in [4.78, 5) is 0. The Morgan fingerprint density at radius 3 is 2.10 bits per heavy atom. The molecule has 2 aromatic rings. The number of alkyl halides is 1. The van der Waals surface area contributed by atoms with Crippen LogP contribution in [0.15, 0.2) is 48.2 Å². The predicted octanol–water partition coefficient (Wildman–Crippen LogP) is 7.34. The number of halogens is 6. The van der Waals surface area contributed by atoms with Gasteiger partial charge in [0, 0.05) is 13.4 Å². The molecule has 0 heterocycles. The van der Waals surface area contributed by atoms with Crippen molar-refractivity contribution in [2.45, 2.75) is 13.6 Å². The lowest BCUT2D eigenvalue weighted by molar-refractivity contribution is 0.484. The highest BCUT2D eigenvalue weighted by Gasteiger charge is 2.04. The molecule has 108 valence electrons. The minimum absolute atomic E-state index is 0.238. The van der Waals surface area contributed by atoms with Gasteiger partial charge in [0.2, 0.25) is 0 Å². The molecule has 0 N–H and O–H groups in total. The average Bonchev–Trinajstić information content (AvgIpc) is 2.44. The second-order valence-corrected chi connectivity index (χ2v) is 7.22. The maximum atomic E-state index is 12.7. The molecule has 6 heteroatoms. The number of benzene rings is 2. The molecule has 0 unspecified atom stereocenters. The quantitative estimate of drug-likeness (QED) is 0.335. The Morgan fingerprint density at radius 1 is 0.950 bits per heavy atom. The lowest BCUT2D eigenvalue weighted by atomic mass is 10.2. The van der Waals surface area contributed by atoms with Crippen molar-refractivity contribution in [2.75, 3.05) is 0 Å². The summed E-state index contributed by atoms with van der Waals surface area (Å²) in [7, 11) is 0. The first-order chi connectivity index (χ1) is 9.36. The van der Waals surface area contributed by atoms with E-state index in [-0.39, 0.29) is 5.82 Å². The summed E-state index contributed by atoms with van der Waals surface area (Å²) in [5.74, 6) is -0.238. The zero-order chi connectivity index (χ0) is 15.3. The van der Waals surface area contributed by atoms with Gasteiger partial charge in [-0.05, 0) is 74.2 Å². The Hall–Kier alpha value is 0.220. The molecule has 0 atom stereocenters. The van der Waals surface area contributed by atoms with Gasteiger partial charge in [-0.1, -0.05) is 37.9 Å². The van der Waals surface area contributed by atoms with Gasteiger partial charge in [0.25, 0.3) is 0 Å². The van der Waals surface area contributed by atoms with Crippen LogP contribution in [-0.2, 0) is 6.67 Å². The van der Waals surface area contributed by atoms with Gasteiger partial charge in [-0.2, -0.15) is 0 Å². The first-order valence-electron chi connectivity index (χ1n) is 5.46. The van der Waals surface area contributed by atoms with Crippen LogP contribution in [0.1, 0.15) is 11.1 Å². The molecule has 0 aliphatic carbocycles. The molecule has 0 fully saturated rings. The van der Waals surface area contributed by atoms with Crippen LogP contribution in [0.3, 0.4) is 0 Å². The van der Waals surface area contributed by atoms with E-state index >= 15 is 0 Å². The summed E-state index contributed by atoms with van der Waals surface area (Å²) in [6.07, 6.45) is 0. The Balaban J connectivity index is 0.000000200. The van der Waals surface area contributed by atoms with E-state index < -0.39 is 6.67 Å². The maximum absolute atomic E-state index is 12.7. The third-order valence-corrected chi connectivity index (χ3v) is 5.98. The second-order valence-electron chi connectivity index (χ2n) is 3.86.